The molecular formula is C15H25N3. The van der Waals surface area contributed by atoms with Gasteiger partial charge in [-0.05, 0) is 18.0 Å². The van der Waals surface area contributed by atoms with Crippen molar-refractivity contribution in [2.45, 2.75) is 26.7 Å². The SMILES string of the molecule is CN(CC(C(=N)N)c1ccccc1)CC(C)(C)C. The quantitative estimate of drug-likeness (QED) is 0.621. The molecule has 1 rings (SSSR count). The fraction of sp³-hybridized carbons (Fsp3) is 0.533. The molecule has 0 amide bonds. The summed E-state index contributed by atoms with van der Waals surface area (Å²) in [7, 11) is 2.09. The van der Waals surface area contributed by atoms with Gasteiger partial charge in [0.1, 0.15) is 0 Å². The first-order valence-electron chi connectivity index (χ1n) is 6.37. The van der Waals surface area contributed by atoms with Gasteiger partial charge < -0.3 is 10.6 Å². The number of benzene rings is 1. The molecular weight excluding hydrogens is 222 g/mol. The van der Waals surface area contributed by atoms with Crippen LogP contribution in [-0.4, -0.2) is 30.9 Å². The molecule has 0 saturated heterocycles. The van der Waals surface area contributed by atoms with E-state index >= 15 is 0 Å². The van der Waals surface area contributed by atoms with Crippen molar-refractivity contribution in [2.75, 3.05) is 20.1 Å². The van der Waals surface area contributed by atoms with E-state index in [1.807, 2.05) is 30.3 Å². The lowest BCUT2D eigenvalue weighted by Gasteiger charge is -2.29. The van der Waals surface area contributed by atoms with Gasteiger partial charge in [-0.1, -0.05) is 51.1 Å². The highest BCUT2D eigenvalue weighted by Crippen LogP contribution is 2.19. The van der Waals surface area contributed by atoms with E-state index in [0.29, 0.717) is 0 Å². The number of rotatable bonds is 5. The smallest absolute Gasteiger partial charge is 0.0995 e. The summed E-state index contributed by atoms with van der Waals surface area (Å²) < 4.78 is 0. The molecule has 0 aliphatic heterocycles. The maximum atomic E-state index is 7.76. The van der Waals surface area contributed by atoms with Crippen LogP contribution < -0.4 is 5.73 Å². The lowest BCUT2D eigenvalue weighted by molar-refractivity contribution is 0.225. The minimum atomic E-state index is -0.0152. The summed E-state index contributed by atoms with van der Waals surface area (Å²) >= 11 is 0. The summed E-state index contributed by atoms with van der Waals surface area (Å²) in [6, 6.07) is 10.1. The molecule has 1 unspecified atom stereocenters. The van der Waals surface area contributed by atoms with E-state index in [1.54, 1.807) is 0 Å². The summed E-state index contributed by atoms with van der Waals surface area (Å²) in [5.74, 6) is 0.223. The average Bonchev–Trinajstić information content (AvgIpc) is 2.24. The predicted molar refractivity (Wildman–Crippen MR) is 78.0 cm³/mol. The Bertz CT molecular complexity index is 378. The monoisotopic (exact) mass is 247 g/mol. The van der Waals surface area contributed by atoms with Crippen molar-refractivity contribution in [3.8, 4) is 0 Å². The van der Waals surface area contributed by atoms with Gasteiger partial charge in [-0.15, -0.1) is 0 Å². The minimum Gasteiger partial charge on any atom is -0.387 e. The Morgan fingerprint density at radius 2 is 1.83 bits per heavy atom. The van der Waals surface area contributed by atoms with Crippen LogP contribution in [0.3, 0.4) is 0 Å². The molecule has 0 fully saturated rings. The molecule has 1 aromatic carbocycles. The standard InChI is InChI=1S/C15H25N3/c1-15(2,3)11-18(4)10-13(14(16)17)12-8-6-5-7-9-12/h5-9,13H,10-11H2,1-4H3,(H3,16,17). The van der Waals surface area contributed by atoms with Crippen molar-refractivity contribution in [3.63, 3.8) is 0 Å². The highest BCUT2D eigenvalue weighted by Gasteiger charge is 2.20. The zero-order valence-electron chi connectivity index (χ0n) is 11.9. The summed E-state index contributed by atoms with van der Waals surface area (Å²) in [5.41, 5.74) is 7.11. The first-order valence-corrected chi connectivity index (χ1v) is 6.37. The molecule has 0 heterocycles. The third-order valence-corrected chi connectivity index (χ3v) is 2.82. The summed E-state index contributed by atoms with van der Waals surface area (Å²) in [6.45, 7) is 8.43. The van der Waals surface area contributed by atoms with Crippen molar-refractivity contribution in [3.05, 3.63) is 35.9 Å². The van der Waals surface area contributed by atoms with E-state index in [0.717, 1.165) is 18.7 Å². The van der Waals surface area contributed by atoms with Gasteiger partial charge in [-0.2, -0.15) is 0 Å². The molecule has 3 nitrogen and oxygen atoms in total. The zero-order valence-corrected chi connectivity index (χ0v) is 11.9. The van der Waals surface area contributed by atoms with Crippen LogP contribution in [0.15, 0.2) is 30.3 Å². The molecule has 100 valence electrons. The van der Waals surface area contributed by atoms with Crippen LogP contribution in [0.1, 0.15) is 32.3 Å². The van der Waals surface area contributed by atoms with Gasteiger partial charge in [0, 0.05) is 13.1 Å². The van der Waals surface area contributed by atoms with Gasteiger partial charge in [-0.3, -0.25) is 5.41 Å². The highest BCUT2D eigenvalue weighted by molar-refractivity contribution is 5.84. The van der Waals surface area contributed by atoms with Gasteiger partial charge in [0.05, 0.1) is 11.8 Å². The molecule has 0 bridgehead atoms. The Hall–Kier alpha value is -1.35. The molecule has 0 aromatic heterocycles. The van der Waals surface area contributed by atoms with Crippen molar-refractivity contribution >= 4 is 5.84 Å². The fourth-order valence-corrected chi connectivity index (χ4v) is 2.25. The van der Waals surface area contributed by atoms with Crippen LogP contribution in [0, 0.1) is 10.8 Å². The number of hydrogen-bond acceptors (Lipinski definition) is 2. The van der Waals surface area contributed by atoms with E-state index in [9.17, 15) is 0 Å². The van der Waals surface area contributed by atoms with E-state index in [2.05, 4.69) is 32.7 Å². The van der Waals surface area contributed by atoms with Gasteiger partial charge in [0.2, 0.25) is 0 Å². The Labute approximate surface area is 111 Å². The van der Waals surface area contributed by atoms with Crippen molar-refractivity contribution in [1.82, 2.24) is 4.90 Å². The average molecular weight is 247 g/mol. The van der Waals surface area contributed by atoms with Crippen molar-refractivity contribution in [2.24, 2.45) is 11.1 Å². The first kappa shape index (κ1) is 14.7. The van der Waals surface area contributed by atoms with E-state index in [1.165, 1.54) is 0 Å². The summed E-state index contributed by atoms with van der Waals surface area (Å²) in [6.07, 6.45) is 0. The molecule has 0 radical (unpaired) electrons. The number of hydrogen-bond donors (Lipinski definition) is 2. The second-order valence-electron chi connectivity index (χ2n) is 6.18. The van der Waals surface area contributed by atoms with E-state index in [4.69, 9.17) is 11.1 Å². The Balaban J connectivity index is 2.74. The predicted octanol–water partition coefficient (Wildman–Crippen LogP) is 2.68. The number of likely N-dealkylation sites (N-methyl/N-ethyl adjacent to an activating group) is 1. The third kappa shape index (κ3) is 4.88. The molecule has 18 heavy (non-hydrogen) atoms. The zero-order chi connectivity index (χ0) is 13.8. The molecule has 3 heteroatoms. The minimum absolute atomic E-state index is 0.0152. The fourth-order valence-electron chi connectivity index (χ4n) is 2.25. The Kier molecular flexibility index (Phi) is 4.91. The van der Waals surface area contributed by atoms with Gasteiger partial charge in [-0.25, -0.2) is 0 Å². The second-order valence-corrected chi connectivity index (χ2v) is 6.18. The normalized spacial score (nSPS) is 13.6. The van der Waals surface area contributed by atoms with Crippen molar-refractivity contribution in [1.29, 1.82) is 5.41 Å². The Morgan fingerprint density at radius 1 is 1.28 bits per heavy atom. The largest absolute Gasteiger partial charge is 0.387 e. The summed E-state index contributed by atoms with van der Waals surface area (Å²) in [5, 5.41) is 7.76. The van der Waals surface area contributed by atoms with Crippen molar-refractivity contribution < 1.29 is 0 Å². The van der Waals surface area contributed by atoms with Crippen LogP contribution >= 0.6 is 0 Å². The lowest BCUT2D eigenvalue weighted by atomic mass is 9.94. The number of nitrogens with two attached hydrogens (primary N) is 1. The van der Waals surface area contributed by atoms with Gasteiger partial charge in [0.25, 0.3) is 0 Å². The van der Waals surface area contributed by atoms with E-state index < -0.39 is 0 Å². The molecule has 0 aliphatic carbocycles. The Morgan fingerprint density at radius 3 is 2.28 bits per heavy atom. The topological polar surface area (TPSA) is 53.1 Å². The van der Waals surface area contributed by atoms with Gasteiger partial charge in [0.15, 0.2) is 0 Å². The molecule has 3 N–H and O–H groups in total. The first-order chi connectivity index (χ1) is 8.29. The maximum Gasteiger partial charge on any atom is 0.0995 e. The summed E-state index contributed by atoms with van der Waals surface area (Å²) in [4.78, 5) is 2.25. The number of amidine groups is 1. The maximum absolute atomic E-state index is 7.76. The van der Waals surface area contributed by atoms with Crippen LogP contribution in [0.2, 0.25) is 0 Å². The molecule has 0 aliphatic rings. The molecule has 0 spiro atoms. The van der Waals surface area contributed by atoms with Gasteiger partial charge >= 0.3 is 0 Å². The highest BCUT2D eigenvalue weighted by atomic mass is 15.1. The third-order valence-electron chi connectivity index (χ3n) is 2.82. The van der Waals surface area contributed by atoms with Crippen LogP contribution in [0.5, 0.6) is 0 Å². The molecule has 1 atom stereocenters. The van der Waals surface area contributed by atoms with Crippen LogP contribution in [0.4, 0.5) is 0 Å². The number of nitrogens with zero attached hydrogens (tertiary/aromatic N) is 1. The number of nitrogens with one attached hydrogen (secondary N) is 1. The lowest BCUT2D eigenvalue weighted by Crippen LogP contribution is -2.36. The molecule has 0 saturated carbocycles. The van der Waals surface area contributed by atoms with Crippen LogP contribution in [-0.2, 0) is 0 Å². The van der Waals surface area contributed by atoms with E-state index in [-0.39, 0.29) is 17.2 Å². The second kappa shape index (κ2) is 6.01. The molecule has 1 aromatic rings. The van der Waals surface area contributed by atoms with Crippen LogP contribution in [0.25, 0.3) is 0 Å².